The zero-order valence-electron chi connectivity index (χ0n) is 19.3. The van der Waals surface area contributed by atoms with Crippen LogP contribution in [0.25, 0.3) is 0 Å². The minimum Gasteiger partial charge on any atom is -0.349 e. The lowest BCUT2D eigenvalue weighted by Crippen LogP contribution is -2.50. The van der Waals surface area contributed by atoms with Crippen LogP contribution in [-0.2, 0) is 15.5 Å². The number of sulfone groups is 1. The van der Waals surface area contributed by atoms with Crippen LogP contribution in [0.3, 0.4) is 0 Å². The zero-order chi connectivity index (χ0) is 28.6. The van der Waals surface area contributed by atoms with Crippen molar-refractivity contribution in [2.24, 2.45) is 0 Å². The van der Waals surface area contributed by atoms with E-state index < -0.39 is 51.3 Å². The van der Waals surface area contributed by atoms with E-state index >= 15 is 0 Å². The molecular formula is C22H20F7IN2O4S. The fourth-order valence-electron chi connectivity index (χ4n) is 3.43. The Bertz CT molecular complexity index is 1300. The van der Waals surface area contributed by atoms with Crippen molar-refractivity contribution in [2.75, 3.05) is 17.3 Å². The molecule has 15 heteroatoms. The maximum Gasteiger partial charge on any atom is 0.435 e. The van der Waals surface area contributed by atoms with Gasteiger partial charge in [0.1, 0.15) is 9.84 Å². The number of nitrogens with one attached hydrogen (secondary N) is 2. The van der Waals surface area contributed by atoms with Gasteiger partial charge in [-0.2, -0.15) is 26.3 Å². The Labute approximate surface area is 221 Å². The second kappa shape index (κ2) is 10.7. The van der Waals surface area contributed by atoms with Crippen molar-refractivity contribution >= 4 is 49.9 Å². The smallest absolute Gasteiger partial charge is 0.349 e. The van der Waals surface area contributed by atoms with Gasteiger partial charge in [-0.05, 0) is 60.2 Å². The molecule has 204 valence electrons. The minimum absolute atomic E-state index is 0.132. The number of hydrogen-bond acceptors (Lipinski definition) is 4. The van der Waals surface area contributed by atoms with Crippen molar-refractivity contribution in [3.63, 3.8) is 0 Å². The van der Waals surface area contributed by atoms with Gasteiger partial charge in [-0.15, -0.1) is 0 Å². The van der Waals surface area contributed by atoms with Gasteiger partial charge in [0.25, 0.3) is 11.8 Å². The molecule has 0 fully saturated rings. The predicted molar refractivity (Wildman–Crippen MR) is 130 cm³/mol. The molecule has 0 spiro atoms. The molecule has 1 unspecified atom stereocenters. The molecule has 6 nitrogen and oxygen atoms in total. The van der Waals surface area contributed by atoms with Gasteiger partial charge >= 0.3 is 18.0 Å². The van der Waals surface area contributed by atoms with Crippen LogP contribution in [0.15, 0.2) is 36.4 Å². The Kier molecular flexibility index (Phi) is 8.94. The number of halogens is 8. The highest BCUT2D eigenvalue weighted by Crippen LogP contribution is 2.53. The molecule has 0 radical (unpaired) electrons. The number of amides is 2. The third-order valence-electron chi connectivity index (χ3n) is 5.07. The van der Waals surface area contributed by atoms with Crippen molar-refractivity contribution in [1.29, 1.82) is 0 Å². The summed E-state index contributed by atoms with van der Waals surface area (Å²) < 4.78 is 116. The van der Waals surface area contributed by atoms with Crippen molar-refractivity contribution in [1.82, 2.24) is 5.32 Å². The molecule has 0 heterocycles. The molecule has 1 atom stereocenters. The third-order valence-corrected chi connectivity index (χ3v) is 7.07. The number of carbonyl (C=O) groups is 2. The number of alkyl halides is 7. The summed E-state index contributed by atoms with van der Waals surface area (Å²) in [6, 6.07) is 4.63. The summed E-state index contributed by atoms with van der Waals surface area (Å²) >= 11 is 1.76. The first kappa shape index (κ1) is 30.8. The molecule has 0 saturated carbocycles. The minimum atomic E-state index is -6.29. The number of hydrogen-bond donors (Lipinski definition) is 2. The van der Waals surface area contributed by atoms with E-state index in [1.165, 1.54) is 25.1 Å². The lowest BCUT2D eigenvalue weighted by atomic mass is 9.92. The quantitative estimate of drug-likeness (QED) is 0.310. The summed E-state index contributed by atoms with van der Waals surface area (Å²) in [4.78, 5) is 25.7. The van der Waals surface area contributed by atoms with Crippen molar-refractivity contribution in [3.8, 4) is 0 Å². The van der Waals surface area contributed by atoms with E-state index in [0.29, 0.717) is 15.7 Å². The molecule has 2 aromatic rings. The maximum atomic E-state index is 14.4. The Hall–Kier alpha value is -2.43. The summed E-state index contributed by atoms with van der Waals surface area (Å²) in [6.07, 6.45) is -11.6. The first-order valence-corrected chi connectivity index (χ1v) is 13.3. The highest BCUT2D eigenvalue weighted by atomic mass is 127. The molecular weight excluding hydrogens is 648 g/mol. The molecule has 2 amide bonds. The molecule has 2 rings (SSSR count). The Morgan fingerprint density at radius 2 is 1.54 bits per heavy atom. The van der Waals surface area contributed by atoms with Crippen molar-refractivity contribution in [2.45, 2.75) is 37.9 Å². The highest BCUT2D eigenvalue weighted by Gasteiger charge is 2.73. The van der Waals surface area contributed by atoms with Crippen LogP contribution in [0, 0.1) is 10.5 Å². The first-order chi connectivity index (χ1) is 16.7. The van der Waals surface area contributed by atoms with Crippen LogP contribution < -0.4 is 10.6 Å². The standard InChI is InChI=1S/C22H20F7IN2O4S/c1-11-9-13(20(23,21(24,25)26)22(27,28)29)7-8-16(11)32-18(33)14-5-4-6-15(30)17(14)19(34)31-12(2)10-37(3,35)36/h4-9,12H,10H2,1-3H3,(H,31,34)(H,32,33). The van der Waals surface area contributed by atoms with Crippen LogP contribution >= 0.6 is 22.6 Å². The van der Waals surface area contributed by atoms with Crippen LogP contribution in [-0.4, -0.2) is 50.6 Å². The van der Waals surface area contributed by atoms with E-state index in [4.69, 9.17) is 0 Å². The second-order valence-electron chi connectivity index (χ2n) is 8.27. The van der Waals surface area contributed by atoms with Crippen molar-refractivity contribution < 1.29 is 48.7 Å². The molecule has 37 heavy (non-hydrogen) atoms. The largest absolute Gasteiger partial charge is 0.435 e. The molecule has 0 aromatic heterocycles. The highest BCUT2D eigenvalue weighted by molar-refractivity contribution is 14.1. The predicted octanol–water partition coefficient (Wildman–Crippen LogP) is 5.30. The molecule has 2 aromatic carbocycles. The summed E-state index contributed by atoms with van der Waals surface area (Å²) in [7, 11) is -3.43. The van der Waals surface area contributed by atoms with Crippen LogP contribution in [0.2, 0.25) is 0 Å². The van der Waals surface area contributed by atoms with Gasteiger partial charge in [0.05, 0.1) is 16.9 Å². The van der Waals surface area contributed by atoms with Crippen molar-refractivity contribution in [3.05, 3.63) is 62.2 Å². The van der Waals surface area contributed by atoms with E-state index in [-0.39, 0.29) is 34.2 Å². The number of aryl methyl sites for hydroxylation is 1. The topological polar surface area (TPSA) is 92.3 Å². The van der Waals surface area contributed by atoms with Crippen LogP contribution in [0.5, 0.6) is 0 Å². The fraction of sp³-hybridized carbons (Fsp3) is 0.364. The number of benzene rings is 2. The van der Waals surface area contributed by atoms with Gasteiger partial charge in [0, 0.05) is 27.1 Å². The average molecular weight is 668 g/mol. The van der Waals surface area contributed by atoms with E-state index in [2.05, 4.69) is 10.6 Å². The van der Waals surface area contributed by atoms with E-state index in [1.54, 1.807) is 22.6 Å². The van der Waals surface area contributed by atoms with Gasteiger partial charge in [-0.1, -0.05) is 18.2 Å². The number of rotatable bonds is 7. The van der Waals surface area contributed by atoms with Gasteiger partial charge in [0.15, 0.2) is 0 Å². The van der Waals surface area contributed by atoms with Crippen LogP contribution in [0.1, 0.15) is 38.8 Å². The summed E-state index contributed by atoms with van der Waals surface area (Å²) in [5, 5.41) is 4.75. The molecule has 2 N–H and O–H groups in total. The Balaban J connectivity index is 2.40. The lowest BCUT2D eigenvalue weighted by Gasteiger charge is -2.30. The van der Waals surface area contributed by atoms with Gasteiger partial charge < -0.3 is 10.6 Å². The SMILES string of the molecule is Cc1cc(C(F)(C(F)(F)F)C(F)(F)F)ccc1NC(=O)c1cccc(I)c1C(=O)NC(C)CS(C)(=O)=O. The third kappa shape index (κ3) is 6.91. The Morgan fingerprint density at radius 3 is 2.03 bits per heavy atom. The first-order valence-electron chi connectivity index (χ1n) is 10.2. The summed E-state index contributed by atoms with van der Waals surface area (Å²) in [6.45, 7) is 2.51. The van der Waals surface area contributed by atoms with Gasteiger partial charge in [-0.25, -0.2) is 12.8 Å². The lowest BCUT2D eigenvalue weighted by molar-refractivity contribution is -0.348. The summed E-state index contributed by atoms with van der Waals surface area (Å²) in [5.41, 5.74) is -8.21. The van der Waals surface area contributed by atoms with Crippen LogP contribution in [0.4, 0.5) is 36.4 Å². The monoisotopic (exact) mass is 668 g/mol. The fourth-order valence-corrected chi connectivity index (χ4v) is 5.17. The molecule has 0 bridgehead atoms. The van der Waals surface area contributed by atoms with Gasteiger partial charge in [-0.3, -0.25) is 9.59 Å². The number of anilines is 1. The maximum absolute atomic E-state index is 14.4. The number of carbonyl (C=O) groups excluding carboxylic acids is 2. The molecule has 0 aliphatic heterocycles. The molecule has 0 aliphatic carbocycles. The molecule has 0 saturated heterocycles. The average Bonchev–Trinajstić information content (AvgIpc) is 2.71. The van der Waals surface area contributed by atoms with E-state index in [9.17, 15) is 48.7 Å². The normalized spacial score (nSPS) is 13.7. The summed E-state index contributed by atoms with van der Waals surface area (Å²) in [5.74, 6) is -2.09. The van der Waals surface area contributed by atoms with E-state index in [0.717, 1.165) is 13.2 Å². The van der Waals surface area contributed by atoms with E-state index in [1.807, 2.05) is 0 Å². The Morgan fingerprint density at radius 1 is 0.973 bits per heavy atom. The van der Waals surface area contributed by atoms with Gasteiger partial charge in [0.2, 0.25) is 0 Å². The zero-order valence-corrected chi connectivity index (χ0v) is 22.3. The molecule has 0 aliphatic rings. The second-order valence-corrected chi connectivity index (χ2v) is 11.6.